The van der Waals surface area contributed by atoms with Gasteiger partial charge in [-0.15, -0.1) is 0 Å². The number of hydrogen-bond donors (Lipinski definition) is 1. The lowest BCUT2D eigenvalue weighted by molar-refractivity contribution is -0.118. The molecule has 2 rings (SSSR count). The summed E-state index contributed by atoms with van der Waals surface area (Å²) < 4.78 is 0. The summed E-state index contributed by atoms with van der Waals surface area (Å²) in [4.78, 5) is 17.3. The van der Waals surface area contributed by atoms with Gasteiger partial charge in [0.05, 0.1) is 5.56 Å². The number of hydrogen-bond acceptors (Lipinski definition) is 4. The maximum Gasteiger partial charge on any atom is 0.217 e. The lowest BCUT2D eigenvalue weighted by Crippen LogP contribution is -2.37. The highest BCUT2D eigenvalue weighted by Crippen LogP contribution is 2.25. The van der Waals surface area contributed by atoms with E-state index in [9.17, 15) is 4.79 Å². The fourth-order valence-electron chi connectivity index (χ4n) is 2.44. The third-order valence-corrected chi connectivity index (χ3v) is 3.22. The molecule has 0 saturated carbocycles. The Labute approximate surface area is 106 Å². The van der Waals surface area contributed by atoms with Gasteiger partial charge >= 0.3 is 0 Å². The first-order valence-corrected chi connectivity index (χ1v) is 6.09. The third kappa shape index (κ3) is 2.77. The maximum atomic E-state index is 11.0. The van der Waals surface area contributed by atoms with E-state index in [-0.39, 0.29) is 11.8 Å². The summed E-state index contributed by atoms with van der Waals surface area (Å²) in [6.45, 7) is 1.62. The van der Waals surface area contributed by atoms with E-state index < -0.39 is 0 Å². The van der Waals surface area contributed by atoms with Crippen LogP contribution >= 0.6 is 0 Å². The zero-order chi connectivity index (χ0) is 13.0. The van der Waals surface area contributed by atoms with Gasteiger partial charge in [0, 0.05) is 25.7 Å². The van der Waals surface area contributed by atoms with E-state index >= 15 is 0 Å². The van der Waals surface area contributed by atoms with Crippen molar-refractivity contribution in [3.8, 4) is 6.07 Å². The highest BCUT2D eigenvalue weighted by Gasteiger charge is 2.23. The number of nitrogens with zero attached hydrogens (tertiary/aromatic N) is 3. The second kappa shape index (κ2) is 5.50. The first-order chi connectivity index (χ1) is 8.70. The number of pyridine rings is 1. The van der Waals surface area contributed by atoms with Crippen molar-refractivity contribution in [1.82, 2.24) is 4.98 Å². The molecular formula is C13H16N4O. The van der Waals surface area contributed by atoms with E-state index in [1.807, 2.05) is 0 Å². The molecule has 2 N–H and O–H groups in total. The van der Waals surface area contributed by atoms with E-state index in [1.54, 1.807) is 18.3 Å². The van der Waals surface area contributed by atoms with Gasteiger partial charge in [-0.25, -0.2) is 4.98 Å². The number of carbonyl (C=O) groups excluding carboxylic acids is 1. The molecule has 94 valence electrons. The summed E-state index contributed by atoms with van der Waals surface area (Å²) in [6.07, 6.45) is 4.10. The SMILES string of the molecule is N#Cc1cccnc1N1CCCC(CC(N)=O)C1. The Morgan fingerprint density at radius 3 is 3.22 bits per heavy atom. The molecule has 0 aliphatic carbocycles. The van der Waals surface area contributed by atoms with Crippen molar-refractivity contribution in [1.29, 1.82) is 5.26 Å². The molecule has 0 radical (unpaired) electrons. The molecule has 0 spiro atoms. The van der Waals surface area contributed by atoms with Crippen LogP contribution in [0, 0.1) is 17.2 Å². The summed E-state index contributed by atoms with van der Waals surface area (Å²) >= 11 is 0. The number of aromatic nitrogens is 1. The van der Waals surface area contributed by atoms with Crippen LogP contribution < -0.4 is 10.6 Å². The van der Waals surface area contributed by atoms with Crippen molar-refractivity contribution in [2.24, 2.45) is 11.7 Å². The molecule has 1 amide bonds. The van der Waals surface area contributed by atoms with Crippen molar-refractivity contribution in [3.63, 3.8) is 0 Å². The zero-order valence-corrected chi connectivity index (χ0v) is 10.2. The fraction of sp³-hybridized carbons (Fsp3) is 0.462. The Kier molecular flexibility index (Phi) is 3.78. The third-order valence-electron chi connectivity index (χ3n) is 3.22. The second-order valence-corrected chi connectivity index (χ2v) is 4.61. The molecular weight excluding hydrogens is 228 g/mol. The largest absolute Gasteiger partial charge is 0.370 e. The number of nitrogens with two attached hydrogens (primary N) is 1. The topological polar surface area (TPSA) is 83.0 Å². The number of piperidine rings is 1. The van der Waals surface area contributed by atoms with Gasteiger partial charge in [-0.3, -0.25) is 4.79 Å². The standard InChI is InChI=1S/C13H16N4O/c14-8-11-4-1-5-16-13(11)17-6-2-3-10(9-17)7-12(15)18/h1,4-5,10H,2-3,6-7,9H2,(H2,15,18). The molecule has 1 aromatic rings. The van der Waals surface area contributed by atoms with Crippen molar-refractivity contribution in [2.45, 2.75) is 19.3 Å². The van der Waals surface area contributed by atoms with Crippen molar-refractivity contribution < 1.29 is 4.79 Å². The van der Waals surface area contributed by atoms with Gasteiger partial charge in [0.25, 0.3) is 0 Å². The molecule has 1 aliphatic heterocycles. The lowest BCUT2D eigenvalue weighted by Gasteiger charge is -2.33. The van der Waals surface area contributed by atoms with Crippen LogP contribution in [0.4, 0.5) is 5.82 Å². The first-order valence-electron chi connectivity index (χ1n) is 6.09. The second-order valence-electron chi connectivity index (χ2n) is 4.61. The van der Waals surface area contributed by atoms with E-state index in [0.717, 1.165) is 25.9 Å². The molecule has 1 saturated heterocycles. The molecule has 18 heavy (non-hydrogen) atoms. The van der Waals surface area contributed by atoms with Crippen molar-refractivity contribution in [2.75, 3.05) is 18.0 Å². The lowest BCUT2D eigenvalue weighted by atomic mass is 9.94. The Balaban J connectivity index is 2.13. The molecule has 0 aromatic carbocycles. The van der Waals surface area contributed by atoms with E-state index in [1.165, 1.54) is 0 Å². The number of amides is 1. The summed E-state index contributed by atoms with van der Waals surface area (Å²) in [7, 11) is 0. The predicted octanol–water partition coefficient (Wildman–Crippen LogP) is 1.05. The predicted molar refractivity (Wildman–Crippen MR) is 67.7 cm³/mol. The van der Waals surface area contributed by atoms with Gasteiger partial charge in [0.1, 0.15) is 11.9 Å². The highest BCUT2D eigenvalue weighted by molar-refractivity contribution is 5.74. The fourth-order valence-corrected chi connectivity index (χ4v) is 2.44. The van der Waals surface area contributed by atoms with Gasteiger partial charge in [-0.2, -0.15) is 5.26 Å². The normalized spacial score (nSPS) is 19.3. The average Bonchev–Trinajstić information content (AvgIpc) is 2.38. The molecule has 1 aliphatic rings. The van der Waals surface area contributed by atoms with Gasteiger partial charge in [0.2, 0.25) is 5.91 Å². The number of rotatable bonds is 3. The molecule has 2 heterocycles. The van der Waals surface area contributed by atoms with E-state index in [2.05, 4.69) is 16.0 Å². The van der Waals surface area contributed by atoms with Crippen LogP contribution in [0.3, 0.4) is 0 Å². The van der Waals surface area contributed by atoms with Crippen LogP contribution in [0.25, 0.3) is 0 Å². The van der Waals surface area contributed by atoms with Gasteiger partial charge in [0.15, 0.2) is 0 Å². The Hall–Kier alpha value is -2.09. The Morgan fingerprint density at radius 1 is 1.67 bits per heavy atom. The van der Waals surface area contributed by atoms with Crippen molar-refractivity contribution in [3.05, 3.63) is 23.9 Å². The summed E-state index contributed by atoms with van der Waals surface area (Å²) in [5.74, 6) is 0.724. The highest BCUT2D eigenvalue weighted by atomic mass is 16.1. The molecule has 1 unspecified atom stereocenters. The number of anilines is 1. The molecule has 0 bridgehead atoms. The molecule has 1 aromatic heterocycles. The monoisotopic (exact) mass is 244 g/mol. The van der Waals surface area contributed by atoms with Crippen LogP contribution in [0.5, 0.6) is 0 Å². The van der Waals surface area contributed by atoms with Crippen LogP contribution in [0.1, 0.15) is 24.8 Å². The number of carbonyl (C=O) groups is 1. The van der Waals surface area contributed by atoms with Crippen LogP contribution in [0.2, 0.25) is 0 Å². The van der Waals surface area contributed by atoms with E-state index in [0.29, 0.717) is 17.8 Å². The van der Waals surface area contributed by atoms with E-state index in [4.69, 9.17) is 11.0 Å². The summed E-state index contributed by atoms with van der Waals surface area (Å²) in [5.41, 5.74) is 5.82. The minimum Gasteiger partial charge on any atom is -0.370 e. The van der Waals surface area contributed by atoms with Crippen LogP contribution in [-0.2, 0) is 4.79 Å². The maximum absolute atomic E-state index is 11.0. The number of primary amides is 1. The minimum atomic E-state index is -0.261. The smallest absolute Gasteiger partial charge is 0.217 e. The Morgan fingerprint density at radius 2 is 2.50 bits per heavy atom. The van der Waals surface area contributed by atoms with Crippen LogP contribution in [0.15, 0.2) is 18.3 Å². The molecule has 5 heteroatoms. The molecule has 1 atom stereocenters. The average molecular weight is 244 g/mol. The van der Waals surface area contributed by atoms with Crippen molar-refractivity contribution >= 4 is 11.7 Å². The summed E-state index contributed by atoms with van der Waals surface area (Å²) in [6, 6.07) is 5.67. The van der Waals surface area contributed by atoms with Gasteiger partial charge in [-0.1, -0.05) is 0 Å². The number of nitriles is 1. The zero-order valence-electron chi connectivity index (χ0n) is 10.2. The van der Waals surface area contributed by atoms with Crippen LogP contribution in [-0.4, -0.2) is 24.0 Å². The minimum absolute atomic E-state index is 0.261. The first kappa shape index (κ1) is 12.4. The quantitative estimate of drug-likeness (QED) is 0.861. The molecule has 5 nitrogen and oxygen atoms in total. The molecule has 1 fully saturated rings. The Bertz CT molecular complexity index is 480. The van der Waals surface area contributed by atoms with Gasteiger partial charge < -0.3 is 10.6 Å². The van der Waals surface area contributed by atoms with Gasteiger partial charge in [-0.05, 0) is 30.9 Å². The summed E-state index contributed by atoms with van der Waals surface area (Å²) in [5, 5.41) is 9.07.